The Morgan fingerprint density at radius 2 is 2.00 bits per heavy atom. The Morgan fingerprint density at radius 1 is 1.15 bits per heavy atom. The van der Waals surface area contributed by atoms with E-state index in [4.69, 9.17) is 4.74 Å². The maximum Gasteiger partial charge on any atom is 0.0568 e. The predicted octanol–water partition coefficient (Wildman–Crippen LogP) is 2.57. The van der Waals surface area contributed by atoms with Gasteiger partial charge in [-0.25, -0.2) is 0 Å². The van der Waals surface area contributed by atoms with Crippen LogP contribution in [-0.4, -0.2) is 36.1 Å². The molecule has 0 unspecified atom stereocenters. The van der Waals surface area contributed by atoms with E-state index in [9.17, 15) is 0 Å². The number of nitrogens with zero attached hydrogens (tertiary/aromatic N) is 2. The van der Waals surface area contributed by atoms with E-state index in [1.807, 2.05) is 36.0 Å². The molecule has 0 fully saturated rings. The van der Waals surface area contributed by atoms with Gasteiger partial charge in [0.1, 0.15) is 0 Å². The highest BCUT2D eigenvalue weighted by Crippen LogP contribution is 2.17. The molecule has 1 aromatic heterocycles. The molecule has 0 radical (unpaired) electrons. The van der Waals surface area contributed by atoms with E-state index in [-0.39, 0.29) is 0 Å². The first-order valence-electron chi connectivity index (χ1n) is 7.26. The summed E-state index contributed by atoms with van der Waals surface area (Å²) in [6.45, 7) is 6.48. The molecule has 0 aliphatic heterocycles. The summed E-state index contributed by atoms with van der Waals surface area (Å²) in [5.74, 6) is 0. The minimum absolute atomic E-state index is 0.801. The molecule has 0 saturated carbocycles. The van der Waals surface area contributed by atoms with E-state index in [1.54, 1.807) is 0 Å². The molecular formula is C16H23N3O. The van der Waals surface area contributed by atoms with Crippen LogP contribution in [0.25, 0.3) is 11.1 Å². The highest BCUT2D eigenvalue weighted by Gasteiger charge is 2.00. The van der Waals surface area contributed by atoms with Crippen LogP contribution < -0.4 is 5.32 Å². The molecule has 0 spiro atoms. The fourth-order valence-corrected chi connectivity index (χ4v) is 2.03. The van der Waals surface area contributed by atoms with Crippen molar-refractivity contribution in [3.8, 4) is 11.1 Å². The van der Waals surface area contributed by atoms with E-state index in [2.05, 4.69) is 28.7 Å². The molecule has 20 heavy (non-hydrogen) atoms. The van der Waals surface area contributed by atoms with Gasteiger partial charge in [0.2, 0.25) is 0 Å². The van der Waals surface area contributed by atoms with Crippen LogP contribution in [0.15, 0.2) is 42.7 Å². The topological polar surface area (TPSA) is 39.1 Å². The van der Waals surface area contributed by atoms with Gasteiger partial charge in [0, 0.05) is 31.5 Å². The summed E-state index contributed by atoms with van der Waals surface area (Å²) in [5.41, 5.74) is 2.38. The van der Waals surface area contributed by atoms with Crippen molar-refractivity contribution in [1.29, 1.82) is 0 Å². The molecular weight excluding hydrogens is 250 g/mol. The van der Waals surface area contributed by atoms with Gasteiger partial charge in [-0.15, -0.1) is 0 Å². The zero-order valence-corrected chi connectivity index (χ0v) is 12.1. The first-order valence-corrected chi connectivity index (χ1v) is 7.26. The van der Waals surface area contributed by atoms with Gasteiger partial charge < -0.3 is 10.1 Å². The SMILES string of the molecule is CCOCCCNCCn1cc(-c2ccccc2)cn1. The van der Waals surface area contributed by atoms with Crippen molar-refractivity contribution in [1.82, 2.24) is 15.1 Å². The predicted molar refractivity (Wildman–Crippen MR) is 81.6 cm³/mol. The van der Waals surface area contributed by atoms with E-state index < -0.39 is 0 Å². The molecule has 4 nitrogen and oxygen atoms in total. The summed E-state index contributed by atoms with van der Waals surface area (Å²) in [5, 5.41) is 7.79. The highest BCUT2D eigenvalue weighted by molar-refractivity contribution is 5.61. The van der Waals surface area contributed by atoms with Crippen molar-refractivity contribution in [2.75, 3.05) is 26.3 Å². The average Bonchev–Trinajstić information content (AvgIpc) is 2.96. The van der Waals surface area contributed by atoms with Gasteiger partial charge in [0.25, 0.3) is 0 Å². The smallest absolute Gasteiger partial charge is 0.0568 e. The van der Waals surface area contributed by atoms with Crippen molar-refractivity contribution in [3.63, 3.8) is 0 Å². The zero-order chi connectivity index (χ0) is 14.0. The summed E-state index contributed by atoms with van der Waals surface area (Å²) >= 11 is 0. The number of hydrogen-bond donors (Lipinski definition) is 1. The van der Waals surface area contributed by atoms with Crippen LogP contribution in [0.4, 0.5) is 0 Å². The van der Waals surface area contributed by atoms with Gasteiger partial charge in [-0.3, -0.25) is 4.68 Å². The summed E-state index contributed by atoms with van der Waals surface area (Å²) in [6, 6.07) is 10.3. The number of benzene rings is 1. The van der Waals surface area contributed by atoms with Gasteiger partial charge in [0.15, 0.2) is 0 Å². The molecule has 2 aromatic rings. The third-order valence-electron chi connectivity index (χ3n) is 3.10. The lowest BCUT2D eigenvalue weighted by Crippen LogP contribution is -2.22. The second kappa shape index (κ2) is 8.51. The second-order valence-electron chi connectivity index (χ2n) is 4.66. The Morgan fingerprint density at radius 3 is 2.80 bits per heavy atom. The maximum absolute atomic E-state index is 5.29. The van der Waals surface area contributed by atoms with Gasteiger partial charge in [-0.1, -0.05) is 30.3 Å². The molecule has 0 saturated heterocycles. The van der Waals surface area contributed by atoms with Crippen molar-refractivity contribution >= 4 is 0 Å². The molecule has 1 aromatic carbocycles. The van der Waals surface area contributed by atoms with Crippen molar-refractivity contribution in [3.05, 3.63) is 42.7 Å². The Labute approximate surface area is 120 Å². The van der Waals surface area contributed by atoms with Gasteiger partial charge in [-0.05, 0) is 25.5 Å². The third kappa shape index (κ3) is 4.79. The fraction of sp³-hybridized carbons (Fsp3) is 0.438. The number of hydrogen-bond acceptors (Lipinski definition) is 3. The lowest BCUT2D eigenvalue weighted by atomic mass is 10.1. The van der Waals surface area contributed by atoms with E-state index >= 15 is 0 Å². The van der Waals surface area contributed by atoms with Crippen molar-refractivity contribution in [2.24, 2.45) is 0 Å². The number of aromatic nitrogens is 2. The molecule has 4 heteroatoms. The fourth-order valence-electron chi connectivity index (χ4n) is 2.03. The van der Waals surface area contributed by atoms with Gasteiger partial charge in [-0.2, -0.15) is 5.10 Å². The normalized spacial score (nSPS) is 10.8. The lowest BCUT2D eigenvalue weighted by Gasteiger charge is -2.05. The minimum Gasteiger partial charge on any atom is -0.382 e. The van der Waals surface area contributed by atoms with Crippen LogP contribution in [0.3, 0.4) is 0 Å². The molecule has 0 aliphatic carbocycles. The molecule has 0 amide bonds. The first kappa shape index (κ1) is 14.8. The van der Waals surface area contributed by atoms with E-state index in [0.29, 0.717) is 0 Å². The van der Waals surface area contributed by atoms with Gasteiger partial charge >= 0.3 is 0 Å². The lowest BCUT2D eigenvalue weighted by molar-refractivity contribution is 0.144. The van der Waals surface area contributed by atoms with Crippen LogP contribution in [0, 0.1) is 0 Å². The third-order valence-corrected chi connectivity index (χ3v) is 3.10. The Balaban J connectivity index is 1.69. The summed E-state index contributed by atoms with van der Waals surface area (Å²) in [7, 11) is 0. The summed E-state index contributed by atoms with van der Waals surface area (Å²) < 4.78 is 7.28. The Bertz CT molecular complexity index is 481. The van der Waals surface area contributed by atoms with Crippen molar-refractivity contribution < 1.29 is 4.74 Å². The van der Waals surface area contributed by atoms with E-state index in [0.717, 1.165) is 39.3 Å². The first-order chi connectivity index (χ1) is 9.90. The molecule has 108 valence electrons. The van der Waals surface area contributed by atoms with Crippen LogP contribution in [-0.2, 0) is 11.3 Å². The number of rotatable bonds is 9. The molecule has 1 N–H and O–H groups in total. The van der Waals surface area contributed by atoms with Gasteiger partial charge in [0.05, 0.1) is 12.7 Å². The van der Waals surface area contributed by atoms with Crippen molar-refractivity contribution in [2.45, 2.75) is 19.9 Å². The molecule has 1 heterocycles. The van der Waals surface area contributed by atoms with Crippen LogP contribution in [0.2, 0.25) is 0 Å². The second-order valence-corrected chi connectivity index (χ2v) is 4.66. The Kier molecular flexibility index (Phi) is 6.27. The van der Waals surface area contributed by atoms with Crippen LogP contribution in [0.1, 0.15) is 13.3 Å². The summed E-state index contributed by atoms with van der Waals surface area (Å²) in [6.07, 6.45) is 5.07. The average molecular weight is 273 g/mol. The summed E-state index contributed by atoms with van der Waals surface area (Å²) in [4.78, 5) is 0. The quantitative estimate of drug-likeness (QED) is 0.714. The molecule has 0 atom stereocenters. The standard InChI is InChI=1S/C16H23N3O/c1-2-20-12-6-9-17-10-11-19-14-16(13-18-19)15-7-4-3-5-8-15/h3-5,7-8,13-14,17H,2,6,9-12H2,1H3. The molecule has 0 bridgehead atoms. The maximum atomic E-state index is 5.29. The largest absolute Gasteiger partial charge is 0.382 e. The van der Waals surface area contributed by atoms with Crippen LogP contribution in [0.5, 0.6) is 0 Å². The Hall–Kier alpha value is -1.65. The van der Waals surface area contributed by atoms with Crippen LogP contribution >= 0.6 is 0 Å². The number of ether oxygens (including phenoxy) is 1. The monoisotopic (exact) mass is 273 g/mol. The minimum atomic E-state index is 0.801. The highest BCUT2D eigenvalue weighted by atomic mass is 16.5. The van der Waals surface area contributed by atoms with E-state index in [1.165, 1.54) is 11.1 Å². The zero-order valence-electron chi connectivity index (χ0n) is 12.1. The molecule has 0 aliphatic rings. The molecule has 2 rings (SSSR count). The number of nitrogens with one attached hydrogen (secondary N) is 1.